The maximum absolute atomic E-state index is 11.7. The largest absolute Gasteiger partial charge is 0.437 e. The van der Waals surface area contributed by atoms with Crippen LogP contribution in [0.5, 0.6) is 0 Å². The number of hydrogen-bond acceptors (Lipinski definition) is 4. The topological polar surface area (TPSA) is 69.0 Å². The minimum Gasteiger partial charge on any atom is -0.315 e. The van der Waals surface area contributed by atoms with Crippen LogP contribution in [0.25, 0.3) is 11.0 Å². The first kappa shape index (κ1) is 11.2. The van der Waals surface area contributed by atoms with Crippen LogP contribution in [0.4, 0.5) is 10.6 Å². The summed E-state index contributed by atoms with van der Waals surface area (Å²) in [6, 6.07) is 12.6. The van der Waals surface area contributed by atoms with Crippen LogP contribution in [-0.4, -0.2) is 20.8 Å². The predicted octanol–water partition coefficient (Wildman–Crippen LogP) is 2.09. The average molecular weight is 254 g/mol. The number of hydrogen-bond donors (Lipinski definition) is 1. The second kappa shape index (κ2) is 4.77. The number of anilines is 1. The molecule has 0 aliphatic rings. The monoisotopic (exact) mass is 254 g/mol. The van der Waals surface area contributed by atoms with Gasteiger partial charge in [0, 0.05) is 6.20 Å². The lowest BCUT2D eigenvalue weighted by molar-refractivity contribution is 0.152. The van der Waals surface area contributed by atoms with Crippen molar-refractivity contribution in [1.29, 1.82) is 0 Å². The Hall–Kier alpha value is -2.89. The highest BCUT2D eigenvalue weighted by atomic mass is 16.7. The number of amides is 1. The third-order valence-electron chi connectivity index (χ3n) is 2.50. The lowest BCUT2D eigenvalue weighted by Crippen LogP contribution is -2.24. The van der Waals surface area contributed by atoms with Gasteiger partial charge in [0.2, 0.25) is 0 Å². The van der Waals surface area contributed by atoms with E-state index in [1.54, 1.807) is 24.4 Å². The Kier molecular flexibility index (Phi) is 2.82. The summed E-state index contributed by atoms with van der Waals surface area (Å²) in [6.45, 7) is 0. The Morgan fingerprint density at radius 1 is 1.11 bits per heavy atom. The van der Waals surface area contributed by atoms with Crippen LogP contribution in [0, 0.1) is 0 Å². The van der Waals surface area contributed by atoms with Crippen LogP contribution in [0.1, 0.15) is 0 Å². The normalized spacial score (nSPS) is 10.3. The minimum absolute atomic E-state index is 0.428. The fourth-order valence-corrected chi connectivity index (χ4v) is 1.66. The summed E-state index contributed by atoms with van der Waals surface area (Å²) in [7, 11) is 0. The third kappa shape index (κ3) is 2.37. The van der Waals surface area contributed by atoms with Crippen LogP contribution in [-0.2, 0) is 0 Å². The van der Waals surface area contributed by atoms with E-state index in [-0.39, 0.29) is 0 Å². The molecule has 3 aromatic rings. The summed E-state index contributed by atoms with van der Waals surface area (Å²) >= 11 is 0. The maximum Gasteiger partial charge on any atom is 0.437 e. The van der Waals surface area contributed by atoms with Gasteiger partial charge in [0.05, 0.1) is 5.52 Å². The van der Waals surface area contributed by atoms with Crippen molar-refractivity contribution in [1.82, 2.24) is 14.7 Å². The smallest absolute Gasteiger partial charge is 0.315 e. The van der Waals surface area contributed by atoms with Crippen molar-refractivity contribution in [3.63, 3.8) is 0 Å². The van der Waals surface area contributed by atoms with Gasteiger partial charge in [-0.15, -0.1) is 0 Å². The standard InChI is InChI=1S/C13H10N4O2/c18-13(16-12-7-3-4-8-14-12)19-17-9-15-10-5-1-2-6-11(10)17/h1-9H,(H,14,16,18). The van der Waals surface area contributed by atoms with Gasteiger partial charge in [-0.05, 0) is 24.3 Å². The van der Waals surface area contributed by atoms with E-state index in [2.05, 4.69) is 15.3 Å². The van der Waals surface area contributed by atoms with Crippen LogP contribution in [0.15, 0.2) is 55.0 Å². The van der Waals surface area contributed by atoms with Crippen molar-refractivity contribution in [2.75, 3.05) is 5.32 Å². The number of fused-ring (bicyclic) bond motifs is 1. The number of carbonyl (C=O) groups excluding carboxylic acids is 1. The van der Waals surface area contributed by atoms with Gasteiger partial charge >= 0.3 is 6.09 Å². The molecule has 2 aromatic heterocycles. The molecule has 3 rings (SSSR count). The van der Waals surface area contributed by atoms with Gasteiger partial charge in [-0.1, -0.05) is 18.2 Å². The van der Waals surface area contributed by atoms with E-state index in [1.165, 1.54) is 11.1 Å². The highest BCUT2D eigenvalue weighted by Crippen LogP contribution is 2.10. The molecule has 0 aliphatic heterocycles. The van der Waals surface area contributed by atoms with Gasteiger partial charge in [0.25, 0.3) is 0 Å². The molecular weight excluding hydrogens is 244 g/mol. The molecular formula is C13H10N4O2. The second-order valence-corrected chi connectivity index (χ2v) is 3.78. The number of rotatable bonds is 2. The molecule has 6 heteroatoms. The first-order valence-corrected chi connectivity index (χ1v) is 5.65. The number of carbonyl (C=O) groups is 1. The number of benzene rings is 1. The SMILES string of the molecule is O=C(Nc1ccccn1)On1cnc2ccccc21. The predicted molar refractivity (Wildman–Crippen MR) is 69.6 cm³/mol. The van der Waals surface area contributed by atoms with E-state index in [9.17, 15) is 4.79 Å². The molecule has 1 N–H and O–H groups in total. The molecule has 0 fully saturated rings. The van der Waals surface area contributed by atoms with Gasteiger partial charge in [-0.2, -0.15) is 4.73 Å². The van der Waals surface area contributed by atoms with Crippen molar-refractivity contribution in [3.05, 3.63) is 55.0 Å². The molecule has 1 aromatic carbocycles. The number of para-hydroxylation sites is 2. The van der Waals surface area contributed by atoms with Crippen molar-refractivity contribution >= 4 is 22.9 Å². The van der Waals surface area contributed by atoms with Crippen LogP contribution < -0.4 is 10.2 Å². The van der Waals surface area contributed by atoms with E-state index in [0.717, 1.165) is 11.0 Å². The van der Waals surface area contributed by atoms with E-state index in [1.807, 2.05) is 24.3 Å². The van der Waals surface area contributed by atoms with Crippen LogP contribution in [0.3, 0.4) is 0 Å². The molecule has 0 aliphatic carbocycles. The summed E-state index contributed by atoms with van der Waals surface area (Å²) in [4.78, 5) is 24.9. The van der Waals surface area contributed by atoms with Gasteiger partial charge < -0.3 is 4.84 Å². The number of pyridine rings is 1. The lowest BCUT2D eigenvalue weighted by Gasteiger charge is -2.06. The van der Waals surface area contributed by atoms with Crippen molar-refractivity contribution < 1.29 is 9.63 Å². The fraction of sp³-hybridized carbons (Fsp3) is 0. The fourth-order valence-electron chi connectivity index (χ4n) is 1.66. The van der Waals surface area contributed by atoms with E-state index < -0.39 is 6.09 Å². The van der Waals surface area contributed by atoms with Crippen LogP contribution >= 0.6 is 0 Å². The lowest BCUT2D eigenvalue weighted by atomic mass is 10.3. The average Bonchev–Trinajstić information content (AvgIpc) is 2.83. The number of nitrogens with one attached hydrogen (secondary N) is 1. The summed E-state index contributed by atoms with van der Waals surface area (Å²) in [5.74, 6) is 0.428. The van der Waals surface area contributed by atoms with E-state index in [0.29, 0.717) is 5.82 Å². The summed E-state index contributed by atoms with van der Waals surface area (Å²) in [5, 5.41) is 2.52. The third-order valence-corrected chi connectivity index (χ3v) is 2.50. The zero-order valence-corrected chi connectivity index (χ0v) is 9.85. The molecule has 0 spiro atoms. The molecule has 0 saturated heterocycles. The second-order valence-electron chi connectivity index (χ2n) is 3.78. The molecule has 0 radical (unpaired) electrons. The number of aromatic nitrogens is 3. The molecule has 94 valence electrons. The molecule has 2 heterocycles. The minimum atomic E-state index is -0.623. The van der Waals surface area contributed by atoms with Gasteiger partial charge in [0.15, 0.2) is 0 Å². The Labute approximate surface area is 108 Å². The van der Waals surface area contributed by atoms with Crippen molar-refractivity contribution in [2.45, 2.75) is 0 Å². The molecule has 0 bridgehead atoms. The van der Waals surface area contributed by atoms with Crippen molar-refractivity contribution in [3.8, 4) is 0 Å². The van der Waals surface area contributed by atoms with Crippen LogP contribution in [0.2, 0.25) is 0 Å². The number of nitrogens with zero attached hydrogens (tertiary/aromatic N) is 3. The Morgan fingerprint density at radius 3 is 2.79 bits per heavy atom. The molecule has 0 saturated carbocycles. The first-order valence-electron chi connectivity index (χ1n) is 5.65. The highest BCUT2D eigenvalue weighted by Gasteiger charge is 2.08. The summed E-state index contributed by atoms with van der Waals surface area (Å²) in [6.07, 6.45) is 2.41. The Bertz CT molecular complexity index is 709. The Balaban J connectivity index is 1.76. The molecule has 6 nitrogen and oxygen atoms in total. The summed E-state index contributed by atoms with van der Waals surface area (Å²) < 4.78 is 1.31. The van der Waals surface area contributed by atoms with E-state index in [4.69, 9.17) is 4.84 Å². The zero-order chi connectivity index (χ0) is 13.1. The van der Waals surface area contributed by atoms with Gasteiger partial charge in [0.1, 0.15) is 17.7 Å². The molecule has 0 atom stereocenters. The van der Waals surface area contributed by atoms with Gasteiger partial charge in [-0.25, -0.2) is 14.8 Å². The first-order chi connectivity index (χ1) is 9.33. The van der Waals surface area contributed by atoms with Gasteiger partial charge in [-0.3, -0.25) is 5.32 Å². The Morgan fingerprint density at radius 2 is 1.95 bits per heavy atom. The number of imidazole rings is 1. The zero-order valence-electron chi connectivity index (χ0n) is 9.85. The van der Waals surface area contributed by atoms with Crippen molar-refractivity contribution in [2.24, 2.45) is 0 Å². The van der Waals surface area contributed by atoms with E-state index >= 15 is 0 Å². The quantitative estimate of drug-likeness (QED) is 0.760. The maximum atomic E-state index is 11.7. The highest BCUT2D eigenvalue weighted by molar-refractivity contribution is 5.84. The molecule has 19 heavy (non-hydrogen) atoms. The molecule has 0 unspecified atom stereocenters. The molecule has 1 amide bonds. The summed E-state index contributed by atoms with van der Waals surface area (Å²) in [5.41, 5.74) is 1.48.